The summed E-state index contributed by atoms with van der Waals surface area (Å²) in [6.07, 6.45) is 2.14. The highest BCUT2D eigenvalue weighted by molar-refractivity contribution is 5.17. The van der Waals surface area contributed by atoms with Crippen molar-refractivity contribution in [3.05, 3.63) is 53.3 Å². The van der Waals surface area contributed by atoms with Gasteiger partial charge in [-0.25, -0.2) is 0 Å². The molecule has 78 valence electrons. The highest BCUT2D eigenvalue weighted by Gasteiger charge is 2.01. The van der Waals surface area contributed by atoms with Gasteiger partial charge in [0.2, 0.25) is 0 Å². The summed E-state index contributed by atoms with van der Waals surface area (Å²) in [5, 5.41) is 4.34. The van der Waals surface area contributed by atoms with Gasteiger partial charge in [0.25, 0.3) is 0 Å². The first-order chi connectivity index (χ1) is 7.25. The molecule has 2 aromatic rings. The van der Waals surface area contributed by atoms with Crippen molar-refractivity contribution in [1.82, 2.24) is 9.78 Å². The van der Waals surface area contributed by atoms with Crippen LogP contribution in [-0.2, 0) is 19.9 Å². The standard InChI is InChI=1S/C13H16N2/c1-11-10-13(15(2)14-11)9-8-12-6-4-3-5-7-12/h3-7,10H,8-9H2,1-2H3. The van der Waals surface area contributed by atoms with E-state index >= 15 is 0 Å². The maximum absolute atomic E-state index is 4.34. The quantitative estimate of drug-likeness (QED) is 0.744. The van der Waals surface area contributed by atoms with Crippen molar-refractivity contribution in [3.8, 4) is 0 Å². The van der Waals surface area contributed by atoms with Crippen LogP contribution in [0.4, 0.5) is 0 Å². The maximum Gasteiger partial charge on any atom is 0.0596 e. The van der Waals surface area contributed by atoms with Crippen molar-refractivity contribution in [2.24, 2.45) is 7.05 Å². The van der Waals surface area contributed by atoms with Gasteiger partial charge >= 0.3 is 0 Å². The van der Waals surface area contributed by atoms with Gasteiger partial charge < -0.3 is 0 Å². The fourth-order valence-electron chi connectivity index (χ4n) is 1.82. The fourth-order valence-corrected chi connectivity index (χ4v) is 1.82. The highest BCUT2D eigenvalue weighted by Crippen LogP contribution is 2.07. The maximum atomic E-state index is 4.34. The van der Waals surface area contributed by atoms with E-state index in [-0.39, 0.29) is 0 Å². The number of aromatic nitrogens is 2. The van der Waals surface area contributed by atoms with E-state index in [0.29, 0.717) is 0 Å². The third-order valence-corrected chi connectivity index (χ3v) is 2.61. The van der Waals surface area contributed by atoms with Crippen molar-refractivity contribution < 1.29 is 0 Å². The Bertz CT molecular complexity index is 429. The minimum Gasteiger partial charge on any atom is -0.272 e. The molecule has 15 heavy (non-hydrogen) atoms. The largest absolute Gasteiger partial charge is 0.272 e. The van der Waals surface area contributed by atoms with Gasteiger partial charge in [0.05, 0.1) is 5.69 Å². The molecule has 0 saturated heterocycles. The molecule has 0 aliphatic heterocycles. The van der Waals surface area contributed by atoms with Crippen LogP contribution in [0.5, 0.6) is 0 Å². The van der Waals surface area contributed by atoms with Crippen LogP contribution in [0.2, 0.25) is 0 Å². The van der Waals surface area contributed by atoms with E-state index in [2.05, 4.69) is 41.5 Å². The highest BCUT2D eigenvalue weighted by atomic mass is 15.3. The lowest BCUT2D eigenvalue weighted by atomic mass is 10.1. The molecule has 0 unspecified atom stereocenters. The van der Waals surface area contributed by atoms with E-state index in [0.717, 1.165) is 18.5 Å². The summed E-state index contributed by atoms with van der Waals surface area (Å²) < 4.78 is 1.97. The second kappa shape index (κ2) is 4.30. The summed E-state index contributed by atoms with van der Waals surface area (Å²) in [7, 11) is 2.01. The zero-order valence-electron chi connectivity index (χ0n) is 9.27. The van der Waals surface area contributed by atoms with Crippen LogP contribution in [-0.4, -0.2) is 9.78 Å². The van der Waals surface area contributed by atoms with Gasteiger partial charge in [0, 0.05) is 12.7 Å². The number of hydrogen-bond donors (Lipinski definition) is 0. The van der Waals surface area contributed by atoms with E-state index < -0.39 is 0 Å². The average molecular weight is 200 g/mol. The zero-order valence-corrected chi connectivity index (χ0v) is 9.27. The lowest BCUT2D eigenvalue weighted by Crippen LogP contribution is -2.00. The Labute approximate surface area is 90.6 Å². The van der Waals surface area contributed by atoms with Crippen LogP contribution in [0.1, 0.15) is 17.0 Å². The van der Waals surface area contributed by atoms with Gasteiger partial charge in [0.15, 0.2) is 0 Å². The van der Waals surface area contributed by atoms with E-state index in [1.54, 1.807) is 0 Å². The number of hydrogen-bond acceptors (Lipinski definition) is 1. The van der Waals surface area contributed by atoms with Crippen LogP contribution in [0.15, 0.2) is 36.4 Å². The zero-order chi connectivity index (χ0) is 10.7. The number of aryl methyl sites for hydroxylation is 4. The van der Waals surface area contributed by atoms with Crippen LogP contribution in [0.3, 0.4) is 0 Å². The van der Waals surface area contributed by atoms with E-state index in [1.165, 1.54) is 11.3 Å². The molecular weight excluding hydrogens is 184 g/mol. The normalized spacial score (nSPS) is 10.5. The lowest BCUT2D eigenvalue weighted by Gasteiger charge is -2.01. The average Bonchev–Trinajstić information content (AvgIpc) is 2.56. The van der Waals surface area contributed by atoms with E-state index in [1.807, 2.05) is 18.7 Å². The third-order valence-electron chi connectivity index (χ3n) is 2.61. The fraction of sp³-hybridized carbons (Fsp3) is 0.308. The summed E-state index contributed by atoms with van der Waals surface area (Å²) in [6.45, 7) is 2.03. The number of benzene rings is 1. The molecule has 0 radical (unpaired) electrons. The van der Waals surface area contributed by atoms with Crippen molar-refractivity contribution in [3.63, 3.8) is 0 Å². The summed E-state index contributed by atoms with van der Waals surface area (Å²) >= 11 is 0. The summed E-state index contributed by atoms with van der Waals surface area (Å²) in [4.78, 5) is 0. The van der Waals surface area contributed by atoms with Gasteiger partial charge in [0.1, 0.15) is 0 Å². The molecule has 0 N–H and O–H groups in total. The summed E-state index contributed by atoms with van der Waals surface area (Å²) in [5.74, 6) is 0. The topological polar surface area (TPSA) is 17.8 Å². The molecule has 2 rings (SSSR count). The van der Waals surface area contributed by atoms with Crippen LogP contribution >= 0.6 is 0 Å². The minimum atomic E-state index is 1.06. The van der Waals surface area contributed by atoms with Gasteiger partial charge in [-0.2, -0.15) is 5.10 Å². The molecule has 0 bridgehead atoms. The first kappa shape index (κ1) is 9.97. The Morgan fingerprint density at radius 3 is 2.47 bits per heavy atom. The Balaban J connectivity index is 2.02. The van der Waals surface area contributed by atoms with E-state index in [9.17, 15) is 0 Å². The smallest absolute Gasteiger partial charge is 0.0596 e. The van der Waals surface area contributed by atoms with Crippen LogP contribution in [0.25, 0.3) is 0 Å². The molecule has 1 aromatic heterocycles. The molecule has 0 aliphatic carbocycles. The second-order valence-corrected chi connectivity index (χ2v) is 3.89. The summed E-state index contributed by atoms with van der Waals surface area (Å²) in [5.41, 5.74) is 3.79. The van der Waals surface area contributed by atoms with Crippen molar-refractivity contribution in [1.29, 1.82) is 0 Å². The van der Waals surface area contributed by atoms with Crippen molar-refractivity contribution in [2.45, 2.75) is 19.8 Å². The molecule has 0 amide bonds. The minimum absolute atomic E-state index is 1.06. The second-order valence-electron chi connectivity index (χ2n) is 3.89. The molecule has 0 atom stereocenters. The Morgan fingerprint density at radius 1 is 1.13 bits per heavy atom. The van der Waals surface area contributed by atoms with Crippen molar-refractivity contribution >= 4 is 0 Å². The Hall–Kier alpha value is -1.57. The SMILES string of the molecule is Cc1cc(CCc2ccccc2)n(C)n1. The van der Waals surface area contributed by atoms with Crippen molar-refractivity contribution in [2.75, 3.05) is 0 Å². The van der Waals surface area contributed by atoms with Crippen LogP contribution in [0, 0.1) is 6.92 Å². The van der Waals surface area contributed by atoms with Crippen LogP contribution < -0.4 is 0 Å². The monoisotopic (exact) mass is 200 g/mol. The first-order valence-corrected chi connectivity index (χ1v) is 5.29. The molecule has 0 saturated carbocycles. The number of nitrogens with zero attached hydrogens (tertiary/aromatic N) is 2. The molecule has 1 aromatic carbocycles. The lowest BCUT2D eigenvalue weighted by molar-refractivity contribution is 0.697. The third kappa shape index (κ3) is 2.46. The molecule has 0 fully saturated rings. The van der Waals surface area contributed by atoms with Gasteiger partial charge in [-0.05, 0) is 31.4 Å². The summed E-state index contributed by atoms with van der Waals surface area (Å²) in [6, 6.07) is 12.7. The first-order valence-electron chi connectivity index (χ1n) is 5.29. The Morgan fingerprint density at radius 2 is 1.87 bits per heavy atom. The Kier molecular flexibility index (Phi) is 2.86. The van der Waals surface area contributed by atoms with Gasteiger partial charge in [-0.3, -0.25) is 4.68 Å². The predicted molar refractivity (Wildman–Crippen MR) is 61.8 cm³/mol. The predicted octanol–water partition coefficient (Wildman–Crippen LogP) is 2.51. The molecule has 2 heteroatoms. The molecule has 0 spiro atoms. The molecule has 0 aliphatic rings. The molecule has 2 nitrogen and oxygen atoms in total. The van der Waals surface area contributed by atoms with Gasteiger partial charge in [-0.15, -0.1) is 0 Å². The van der Waals surface area contributed by atoms with E-state index in [4.69, 9.17) is 0 Å². The number of rotatable bonds is 3. The molecular formula is C13H16N2. The van der Waals surface area contributed by atoms with Gasteiger partial charge in [-0.1, -0.05) is 30.3 Å². The molecule has 1 heterocycles.